The fourth-order valence-corrected chi connectivity index (χ4v) is 4.63. The van der Waals surface area contributed by atoms with Gasteiger partial charge in [-0.15, -0.1) is 0 Å². The van der Waals surface area contributed by atoms with Crippen molar-refractivity contribution < 1.29 is 23.5 Å². The van der Waals surface area contributed by atoms with Crippen LogP contribution in [0, 0.1) is 17.7 Å². The molecule has 0 aromatic carbocycles. The van der Waals surface area contributed by atoms with E-state index in [0.29, 0.717) is 32.0 Å². The summed E-state index contributed by atoms with van der Waals surface area (Å²) >= 11 is 0. The van der Waals surface area contributed by atoms with Gasteiger partial charge >= 0.3 is 6.09 Å². The summed E-state index contributed by atoms with van der Waals surface area (Å²) in [6.45, 7) is 2.83. The van der Waals surface area contributed by atoms with Crippen LogP contribution in [0.15, 0.2) is 0 Å². The summed E-state index contributed by atoms with van der Waals surface area (Å²) in [7, 11) is 1.97. The van der Waals surface area contributed by atoms with Gasteiger partial charge in [0, 0.05) is 32.2 Å². The molecular formula is C21H33F2N7O3. The van der Waals surface area contributed by atoms with Crippen LogP contribution >= 0.6 is 0 Å². The number of carbonyl (C=O) groups excluding carboxylic acids is 1. The second-order valence-electron chi connectivity index (χ2n) is 8.95. The van der Waals surface area contributed by atoms with E-state index in [0.717, 1.165) is 25.7 Å². The standard InChI is InChI=1S/C21H33F2N7O3/c1-13-12-29(2)7-8-30(13)19-17(23)18(25-16(10-22)26-19)27-28-20(31)15(11-24-21(32)33)9-14-5-3-4-6-14/h13-15,24H,3-12H2,1-2H3,(H,28,31)(H,32,33)(H,25,26,27)/t13-,15-/m1/s1. The molecule has 2 heterocycles. The van der Waals surface area contributed by atoms with Gasteiger partial charge in [0.05, 0.1) is 5.92 Å². The number of halogens is 2. The number of carboxylic acid groups (broad SMARTS) is 1. The molecule has 1 aromatic rings. The van der Waals surface area contributed by atoms with Gasteiger partial charge in [-0.05, 0) is 26.3 Å². The molecule has 3 rings (SSSR count). The molecule has 1 aliphatic heterocycles. The molecule has 1 saturated carbocycles. The summed E-state index contributed by atoms with van der Waals surface area (Å²) in [6, 6.07) is -0.0408. The van der Waals surface area contributed by atoms with Gasteiger partial charge in [-0.3, -0.25) is 15.6 Å². The van der Waals surface area contributed by atoms with Crippen LogP contribution in [0.3, 0.4) is 0 Å². The van der Waals surface area contributed by atoms with Crippen LogP contribution < -0.4 is 21.1 Å². The lowest BCUT2D eigenvalue weighted by atomic mass is 9.92. The van der Waals surface area contributed by atoms with E-state index in [1.807, 2.05) is 14.0 Å². The second kappa shape index (κ2) is 11.4. The van der Waals surface area contributed by atoms with E-state index in [2.05, 4.69) is 31.0 Å². The largest absolute Gasteiger partial charge is 0.465 e. The van der Waals surface area contributed by atoms with Crippen molar-refractivity contribution in [2.45, 2.75) is 51.7 Å². The highest BCUT2D eigenvalue weighted by Crippen LogP contribution is 2.30. The molecule has 2 aliphatic rings. The van der Waals surface area contributed by atoms with Gasteiger partial charge in [-0.2, -0.15) is 4.39 Å². The molecule has 1 aromatic heterocycles. The zero-order valence-corrected chi connectivity index (χ0v) is 19.1. The van der Waals surface area contributed by atoms with Crippen molar-refractivity contribution in [2.75, 3.05) is 43.6 Å². The highest BCUT2D eigenvalue weighted by Gasteiger charge is 2.29. The van der Waals surface area contributed by atoms with E-state index >= 15 is 4.39 Å². The topological polar surface area (TPSA) is 123 Å². The number of amides is 2. The maximum atomic E-state index is 15.3. The van der Waals surface area contributed by atoms with Crippen molar-refractivity contribution in [1.29, 1.82) is 0 Å². The molecule has 184 valence electrons. The van der Waals surface area contributed by atoms with Gasteiger partial charge in [0.25, 0.3) is 0 Å². The van der Waals surface area contributed by atoms with Crippen molar-refractivity contribution in [1.82, 2.24) is 25.6 Å². The lowest BCUT2D eigenvalue weighted by Gasteiger charge is -2.39. The third kappa shape index (κ3) is 6.62. The molecule has 2 amide bonds. The first-order chi connectivity index (χ1) is 15.8. The van der Waals surface area contributed by atoms with Gasteiger partial charge in [0.1, 0.15) is 6.67 Å². The summed E-state index contributed by atoms with van der Waals surface area (Å²) in [5.74, 6) is -2.06. The average molecular weight is 470 g/mol. The zero-order valence-electron chi connectivity index (χ0n) is 19.1. The van der Waals surface area contributed by atoms with Crippen LogP contribution in [0.5, 0.6) is 0 Å². The molecule has 1 saturated heterocycles. The third-order valence-electron chi connectivity index (χ3n) is 6.37. The van der Waals surface area contributed by atoms with Crippen LogP contribution in [0.1, 0.15) is 44.9 Å². The van der Waals surface area contributed by atoms with Crippen LogP contribution in [0.2, 0.25) is 0 Å². The number of nitrogens with one attached hydrogen (secondary N) is 3. The molecule has 0 radical (unpaired) electrons. The molecule has 12 heteroatoms. The second-order valence-corrected chi connectivity index (χ2v) is 8.95. The Bertz CT molecular complexity index is 838. The van der Waals surface area contributed by atoms with E-state index in [4.69, 9.17) is 5.11 Å². The monoisotopic (exact) mass is 469 g/mol. The Hall–Kier alpha value is -2.76. The number of piperazine rings is 1. The lowest BCUT2D eigenvalue weighted by molar-refractivity contribution is -0.124. The highest BCUT2D eigenvalue weighted by atomic mass is 19.1. The number of hydrogen-bond donors (Lipinski definition) is 4. The number of alkyl halides is 1. The quantitative estimate of drug-likeness (QED) is 0.406. The first-order valence-electron chi connectivity index (χ1n) is 11.4. The maximum absolute atomic E-state index is 15.3. The minimum Gasteiger partial charge on any atom is -0.465 e. The van der Waals surface area contributed by atoms with Crippen molar-refractivity contribution in [3.05, 3.63) is 11.6 Å². The van der Waals surface area contributed by atoms with Crippen molar-refractivity contribution in [2.24, 2.45) is 11.8 Å². The molecule has 33 heavy (non-hydrogen) atoms. The van der Waals surface area contributed by atoms with Gasteiger partial charge in [0.2, 0.25) is 11.7 Å². The molecule has 0 spiro atoms. The number of likely N-dealkylation sites (N-methyl/N-ethyl adjacent to an activating group) is 1. The van der Waals surface area contributed by atoms with E-state index in [1.54, 1.807) is 4.90 Å². The number of hydrogen-bond acceptors (Lipinski definition) is 7. The van der Waals surface area contributed by atoms with Crippen LogP contribution in [-0.4, -0.2) is 71.2 Å². The molecule has 0 bridgehead atoms. The van der Waals surface area contributed by atoms with E-state index in [-0.39, 0.29) is 30.0 Å². The normalized spacial score (nSPS) is 20.5. The predicted octanol–water partition coefficient (Wildman–Crippen LogP) is 2.13. The smallest absolute Gasteiger partial charge is 0.404 e. The number of carbonyl (C=O) groups is 2. The van der Waals surface area contributed by atoms with E-state index < -0.39 is 30.4 Å². The summed E-state index contributed by atoms with van der Waals surface area (Å²) in [6.07, 6.45) is 3.49. The molecule has 10 nitrogen and oxygen atoms in total. The summed E-state index contributed by atoms with van der Waals surface area (Å²) in [4.78, 5) is 35.5. The van der Waals surface area contributed by atoms with Crippen molar-refractivity contribution in [3.8, 4) is 0 Å². The van der Waals surface area contributed by atoms with Crippen LogP contribution in [0.25, 0.3) is 0 Å². The minimum absolute atomic E-state index is 0.00921. The highest BCUT2D eigenvalue weighted by molar-refractivity contribution is 5.80. The summed E-state index contributed by atoms with van der Waals surface area (Å²) in [5.41, 5.74) is 4.91. The molecule has 1 aliphatic carbocycles. The van der Waals surface area contributed by atoms with Gasteiger partial charge < -0.3 is 20.2 Å². The van der Waals surface area contributed by atoms with Gasteiger partial charge in [0.15, 0.2) is 17.5 Å². The van der Waals surface area contributed by atoms with E-state index in [9.17, 15) is 14.0 Å². The zero-order chi connectivity index (χ0) is 24.0. The van der Waals surface area contributed by atoms with E-state index in [1.165, 1.54) is 0 Å². The van der Waals surface area contributed by atoms with Crippen molar-refractivity contribution >= 4 is 23.6 Å². The Kier molecular flexibility index (Phi) is 8.59. The molecule has 4 N–H and O–H groups in total. The number of aromatic nitrogens is 2. The Morgan fingerprint density at radius 2 is 1.97 bits per heavy atom. The van der Waals surface area contributed by atoms with Crippen LogP contribution in [-0.2, 0) is 11.5 Å². The lowest BCUT2D eigenvalue weighted by Crippen LogP contribution is -2.51. The fraction of sp³-hybridized carbons (Fsp3) is 0.714. The maximum Gasteiger partial charge on any atom is 0.404 e. The number of anilines is 2. The summed E-state index contributed by atoms with van der Waals surface area (Å²) in [5, 5.41) is 11.2. The Morgan fingerprint density at radius 3 is 2.61 bits per heavy atom. The first kappa shape index (κ1) is 24.9. The first-order valence-corrected chi connectivity index (χ1v) is 11.4. The number of rotatable bonds is 9. The van der Waals surface area contributed by atoms with Gasteiger partial charge in [-0.1, -0.05) is 25.7 Å². The Labute approximate surface area is 192 Å². The Morgan fingerprint density at radius 1 is 1.24 bits per heavy atom. The average Bonchev–Trinajstić information content (AvgIpc) is 3.29. The Balaban J connectivity index is 1.72. The molecule has 2 atom stereocenters. The summed E-state index contributed by atoms with van der Waals surface area (Å²) < 4.78 is 28.7. The van der Waals surface area contributed by atoms with Gasteiger partial charge in [-0.25, -0.2) is 19.2 Å². The number of nitrogens with zero attached hydrogens (tertiary/aromatic N) is 4. The van der Waals surface area contributed by atoms with Crippen LogP contribution in [0.4, 0.5) is 25.2 Å². The minimum atomic E-state index is -1.22. The SMILES string of the molecule is C[C@@H]1CN(C)CCN1c1nc(CF)nc(NNC(=O)[C@@H](CNC(=O)O)CC2CCCC2)c1F. The fourth-order valence-electron chi connectivity index (χ4n) is 4.63. The molecule has 2 fully saturated rings. The molecule has 0 unspecified atom stereocenters. The van der Waals surface area contributed by atoms with Crippen molar-refractivity contribution in [3.63, 3.8) is 0 Å². The predicted molar refractivity (Wildman–Crippen MR) is 119 cm³/mol. The molecular weight excluding hydrogens is 436 g/mol. The third-order valence-corrected chi connectivity index (χ3v) is 6.37. The number of hydrazine groups is 1.